The number of nitrogens with one attached hydrogen (secondary N) is 2. The number of hydrogen-bond donors (Lipinski definition) is 2. The molecule has 1 fully saturated rings. The van der Waals surface area contributed by atoms with E-state index in [4.69, 9.17) is 4.74 Å². The van der Waals surface area contributed by atoms with Gasteiger partial charge in [-0.15, -0.1) is 11.3 Å². The standard InChI is InChI=1S/C16H29N5OS/c1-17-16(18-6-7-21-8-10-22-11-9-21)19-13-14(20(2)3)15-5-4-12-23-15/h4-5,12,14H,6-11,13H2,1-3H3,(H2,17,18,19). The van der Waals surface area contributed by atoms with Crippen molar-refractivity contribution in [3.05, 3.63) is 22.4 Å². The van der Waals surface area contributed by atoms with Gasteiger partial charge in [0.05, 0.1) is 19.3 Å². The van der Waals surface area contributed by atoms with Gasteiger partial charge in [-0.05, 0) is 25.5 Å². The monoisotopic (exact) mass is 339 g/mol. The predicted octanol–water partition coefficient (Wildman–Crippen LogP) is 0.848. The summed E-state index contributed by atoms with van der Waals surface area (Å²) in [6.07, 6.45) is 0. The minimum Gasteiger partial charge on any atom is -0.379 e. The van der Waals surface area contributed by atoms with Crippen molar-refractivity contribution in [3.63, 3.8) is 0 Å². The average molecular weight is 340 g/mol. The lowest BCUT2D eigenvalue weighted by molar-refractivity contribution is 0.0389. The lowest BCUT2D eigenvalue weighted by atomic mass is 10.2. The molecule has 7 heteroatoms. The number of guanidine groups is 1. The van der Waals surface area contributed by atoms with E-state index in [0.29, 0.717) is 6.04 Å². The Labute approximate surface area is 143 Å². The Kier molecular flexibility index (Phi) is 7.81. The van der Waals surface area contributed by atoms with Gasteiger partial charge in [0, 0.05) is 44.6 Å². The second-order valence-corrected chi connectivity index (χ2v) is 6.81. The lowest BCUT2D eigenvalue weighted by Crippen LogP contribution is -2.45. The van der Waals surface area contributed by atoms with Crippen LogP contribution in [0.1, 0.15) is 10.9 Å². The van der Waals surface area contributed by atoms with Crippen LogP contribution in [-0.2, 0) is 4.74 Å². The molecule has 0 aliphatic carbocycles. The Morgan fingerprint density at radius 3 is 2.78 bits per heavy atom. The summed E-state index contributed by atoms with van der Waals surface area (Å²) in [4.78, 5) is 10.3. The third-order valence-electron chi connectivity index (χ3n) is 4.01. The molecule has 0 saturated carbocycles. The Balaban J connectivity index is 1.73. The van der Waals surface area contributed by atoms with E-state index < -0.39 is 0 Å². The maximum atomic E-state index is 5.37. The molecule has 0 amide bonds. The smallest absolute Gasteiger partial charge is 0.191 e. The van der Waals surface area contributed by atoms with E-state index in [1.54, 1.807) is 11.3 Å². The summed E-state index contributed by atoms with van der Waals surface area (Å²) < 4.78 is 5.37. The highest BCUT2D eigenvalue weighted by Crippen LogP contribution is 2.22. The summed E-state index contributed by atoms with van der Waals surface area (Å²) in [5, 5.41) is 8.96. The molecule has 130 valence electrons. The SMILES string of the molecule is CN=C(NCCN1CCOCC1)NCC(c1cccs1)N(C)C. The molecular formula is C16H29N5OS. The van der Waals surface area contributed by atoms with Crippen molar-refractivity contribution in [1.82, 2.24) is 20.4 Å². The molecule has 6 nitrogen and oxygen atoms in total. The number of likely N-dealkylation sites (N-methyl/N-ethyl adjacent to an activating group) is 1. The zero-order chi connectivity index (χ0) is 16.5. The number of morpholine rings is 1. The lowest BCUT2D eigenvalue weighted by Gasteiger charge is -2.27. The van der Waals surface area contributed by atoms with E-state index in [1.807, 2.05) is 7.05 Å². The van der Waals surface area contributed by atoms with Crippen LogP contribution in [0.15, 0.2) is 22.5 Å². The topological polar surface area (TPSA) is 52.1 Å². The molecule has 1 aliphatic heterocycles. The van der Waals surface area contributed by atoms with Crippen molar-refractivity contribution in [1.29, 1.82) is 0 Å². The molecule has 1 atom stereocenters. The van der Waals surface area contributed by atoms with E-state index in [2.05, 4.69) is 57.0 Å². The Bertz CT molecular complexity index is 457. The van der Waals surface area contributed by atoms with Crippen molar-refractivity contribution in [2.45, 2.75) is 6.04 Å². The first kappa shape index (κ1) is 18.2. The van der Waals surface area contributed by atoms with Crippen molar-refractivity contribution in [2.75, 3.05) is 67.1 Å². The highest BCUT2D eigenvalue weighted by Gasteiger charge is 2.15. The third kappa shape index (κ3) is 6.10. The molecule has 1 unspecified atom stereocenters. The van der Waals surface area contributed by atoms with Gasteiger partial charge in [-0.2, -0.15) is 0 Å². The number of rotatable bonds is 7. The maximum absolute atomic E-state index is 5.37. The normalized spacial score (nSPS) is 18.2. The molecule has 1 aromatic heterocycles. The van der Waals surface area contributed by atoms with Gasteiger partial charge in [0.25, 0.3) is 0 Å². The van der Waals surface area contributed by atoms with E-state index in [-0.39, 0.29) is 0 Å². The first-order chi connectivity index (χ1) is 11.2. The summed E-state index contributed by atoms with van der Waals surface area (Å²) in [6, 6.07) is 4.64. The molecule has 2 heterocycles. The molecule has 2 N–H and O–H groups in total. The zero-order valence-corrected chi connectivity index (χ0v) is 15.2. The summed E-state index contributed by atoms with van der Waals surface area (Å²) >= 11 is 1.79. The number of ether oxygens (including phenoxy) is 1. The van der Waals surface area contributed by atoms with Gasteiger partial charge in [-0.1, -0.05) is 6.07 Å². The second-order valence-electron chi connectivity index (χ2n) is 5.83. The molecule has 0 spiro atoms. The fraction of sp³-hybridized carbons (Fsp3) is 0.688. The van der Waals surface area contributed by atoms with Gasteiger partial charge in [0.15, 0.2) is 5.96 Å². The fourth-order valence-electron chi connectivity index (χ4n) is 2.59. The largest absolute Gasteiger partial charge is 0.379 e. The van der Waals surface area contributed by atoms with E-state index in [9.17, 15) is 0 Å². The highest BCUT2D eigenvalue weighted by atomic mass is 32.1. The summed E-state index contributed by atoms with van der Waals surface area (Å²) in [5.41, 5.74) is 0. The van der Waals surface area contributed by atoms with Crippen LogP contribution in [0.4, 0.5) is 0 Å². The Morgan fingerprint density at radius 2 is 2.17 bits per heavy atom. The fourth-order valence-corrected chi connectivity index (χ4v) is 3.51. The van der Waals surface area contributed by atoms with Gasteiger partial charge in [-0.25, -0.2) is 0 Å². The molecule has 1 aliphatic rings. The van der Waals surface area contributed by atoms with Crippen LogP contribution in [0.2, 0.25) is 0 Å². The van der Waals surface area contributed by atoms with E-state index in [0.717, 1.165) is 51.9 Å². The number of aliphatic imine (C=N–C) groups is 1. The van der Waals surface area contributed by atoms with Crippen LogP contribution in [0.3, 0.4) is 0 Å². The predicted molar refractivity (Wildman–Crippen MR) is 97.4 cm³/mol. The molecule has 1 aromatic rings. The minimum absolute atomic E-state index is 0.354. The average Bonchev–Trinajstić information content (AvgIpc) is 3.08. The molecular weight excluding hydrogens is 310 g/mol. The summed E-state index contributed by atoms with van der Waals surface area (Å²) in [7, 11) is 6.04. The Morgan fingerprint density at radius 1 is 1.39 bits per heavy atom. The van der Waals surface area contributed by atoms with Crippen molar-refractivity contribution < 1.29 is 4.74 Å². The summed E-state index contributed by atoms with van der Waals surface area (Å²) in [5.74, 6) is 0.863. The van der Waals surface area contributed by atoms with Gasteiger partial charge in [0.1, 0.15) is 0 Å². The van der Waals surface area contributed by atoms with E-state index >= 15 is 0 Å². The number of nitrogens with zero attached hydrogens (tertiary/aromatic N) is 3. The van der Waals surface area contributed by atoms with Crippen LogP contribution in [0.5, 0.6) is 0 Å². The second kappa shape index (κ2) is 9.87. The van der Waals surface area contributed by atoms with Crippen LogP contribution >= 0.6 is 11.3 Å². The minimum atomic E-state index is 0.354. The van der Waals surface area contributed by atoms with Gasteiger partial charge in [0.2, 0.25) is 0 Å². The van der Waals surface area contributed by atoms with Crippen molar-refractivity contribution in [3.8, 4) is 0 Å². The van der Waals surface area contributed by atoms with Crippen LogP contribution in [0.25, 0.3) is 0 Å². The van der Waals surface area contributed by atoms with Crippen molar-refractivity contribution >= 4 is 17.3 Å². The van der Waals surface area contributed by atoms with E-state index in [1.165, 1.54) is 4.88 Å². The quantitative estimate of drug-likeness (QED) is 0.570. The molecule has 0 bridgehead atoms. The molecule has 0 aromatic carbocycles. The van der Waals surface area contributed by atoms with Gasteiger partial charge < -0.3 is 20.3 Å². The first-order valence-corrected chi connectivity index (χ1v) is 9.03. The van der Waals surface area contributed by atoms with Crippen LogP contribution in [0, 0.1) is 0 Å². The zero-order valence-electron chi connectivity index (χ0n) is 14.4. The number of hydrogen-bond acceptors (Lipinski definition) is 5. The Hall–Kier alpha value is -1.15. The van der Waals surface area contributed by atoms with Gasteiger partial charge in [-0.3, -0.25) is 9.89 Å². The maximum Gasteiger partial charge on any atom is 0.191 e. The first-order valence-electron chi connectivity index (χ1n) is 8.15. The summed E-state index contributed by atoms with van der Waals surface area (Å²) in [6.45, 7) is 6.49. The van der Waals surface area contributed by atoms with Gasteiger partial charge >= 0.3 is 0 Å². The van der Waals surface area contributed by atoms with Crippen LogP contribution in [-0.4, -0.2) is 82.8 Å². The van der Waals surface area contributed by atoms with Crippen LogP contribution < -0.4 is 10.6 Å². The molecule has 0 radical (unpaired) electrons. The highest BCUT2D eigenvalue weighted by molar-refractivity contribution is 7.10. The molecule has 1 saturated heterocycles. The third-order valence-corrected chi connectivity index (χ3v) is 4.98. The number of thiophene rings is 1. The van der Waals surface area contributed by atoms with Crippen molar-refractivity contribution in [2.24, 2.45) is 4.99 Å². The molecule has 2 rings (SSSR count). The molecule has 23 heavy (non-hydrogen) atoms.